The summed E-state index contributed by atoms with van der Waals surface area (Å²) in [5.74, 6) is 0.933. The minimum atomic E-state index is -0.337. The minimum Gasteiger partial charge on any atom is -0.497 e. The lowest BCUT2D eigenvalue weighted by molar-refractivity contribution is -0.385. The fourth-order valence-corrected chi connectivity index (χ4v) is 1.55. The molecule has 0 N–H and O–H groups in total. The van der Waals surface area contributed by atoms with Crippen LogP contribution in [0.4, 0.5) is 5.69 Å². The topological polar surface area (TPSA) is 52.4 Å². The van der Waals surface area contributed by atoms with Crippen molar-refractivity contribution in [1.29, 1.82) is 0 Å². The van der Waals surface area contributed by atoms with E-state index >= 15 is 0 Å². The predicted octanol–water partition coefficient (Wildman–Crippen LogP) is 2.48. The molecule has 4 heteroatoms. The lowest BCUT2D eigenvalue weighted by atomic mass is 10.1. The molecule has 0 atom stereocenters. The number of ether oxygens (including phenoxy) is 1. The molecule has 0 radical (unpaired) electrons. The molecule has 0 aliphatic heterocycles. The van der Waals surface area contributed by atoms with Crippen molar-refractivity contribution in [2.45, 2.75) is 18.8 Å². The van der Waals surface area contributed by atoms with Gasteiger partial charge in [-0.1, -0.05) is 0 Å². The highest BCUT2D eigenvalue weighted by molar-refractivity contribution is 5.49. The van der Waals surface area contributed by atoms with Crippen molar-refractivity contribution in [3.05, 3.63) is 33.9 Å². The van der Waals surface area contributed by atoms with Crippen molar-refractivity contribution in [2.75, 3.05) is 7.11 Å². The number of nitrogens with zero attached hydrogens (tertiary/aromatic N) is 1. The summed E-state index contributed by atoms with van der Waals surface area (Å²) in [5.41, 5.74) is 1.03. The zero-order valence-electron chi connectivity index (χ0n) is 7.90. The quantitative estimate of drug-likeness (QED) is 0.547. The Labute approximate surface area is 81.7 Å². The second-order valence-electron chi connectivity index (χ2n) is 3.46. The second kappa shape index (κ2) is 3.29. The largest absolute Gasteiger partial charge is 0.497 e. The third-order valence-corrected chi connectivity index (χ3v) is 2.45. The Morgan fingerprint density at radius 3 is 2.71 bits per heavy atom. The first kappa shape index (κ1) is 8.99. The van der Waals surface area contributed by atoms with Gasteiger partial charge in [-0.3, -0.25) is 10.1 Å². The van der Waals surface area contributed by atoms with Gasteiger partial charge in [-0.15, -0.1) is 0 Å². The van der Waals surface area contributed by atoms with Crippen LogP contribution < -0.4 is 4.74 Å². The SMILES string of the molecule is COc1ccc(C2CC2)c([N+](=O)[O-])c1. The van der Waals surface area contributed by atoms with Crippen molar-refractivity contribution in [2.24, 2.45) is 0 Å². The van der Waals surface area contributed by atoms with Crippen LogP contribution in [0.1, 0.15) is 24.3 Å². The van der Waals surface area contributed by atoms with Crippen LogP contribution in [-0.2, 0) is 0 Å². The zero-order valence-corrected chi connectivity index (χ0v) is 7.90. The normalized spacial score (nSPS) is 15.2. The van der Waals surface area contributed by atoms with Crippen molar-refractivity contribution >= 4 is 5.69 Å². The highest BCUT2D eigenvalue weighted by Crippen LogP contribution is 2.44. The van der Waals surface area contributed by atoms with Gasteiger partial charge in [0, 0.05) is 5.56 Å². The highest BCUT2D eigenvalue weighted by Gasteiger charge is 2.30. The molecule has 2 rings (SSSR count). The first-order chi connectivity index (χ1) is 6.72. The summed E-state index contributed by atoms with van der Waals surface area (Å²) >= 11 is 0. The van der Waals surface area contributed by atoms with Gasteiger partial charge in [0.1, 0.15) is 5.75 Å². The molecule has 14 heavy (non-hydrogen) atoms. The fourth-order valence-electron chi connectivity index (χ4n) is 1.55. The van der Waals surface area contributed by atoms with E-state index < -0.39 is 0 Å². The first-order valence-electron chi connectivity index (χ1n) is 4.54. The van der Waals surface area contributed by atoms with Crippen LogP contribution >= 0.6 is 0 Å². The Morgan fingerprint density at radius 1 is 1.50 bits per heavy atom. The third kappa shape index (κ3) is 1.55. The van der Waals surface area contributed by atoms with Crippen molar-refractivity contribution in [3.8, 4) is 5.75 Å². The average Bonchev–Trinajstić information content (AvgIpc) is 3.00. The summed E-state index contributed by atoms with van der Waals surface area (Å²) in [7, 11) is 1.51. The molecular formula is C10H11NO3. The predicted molar refractivity (Wildman–Crippen MR) is 51.6 cm³/mol. The van der Waals surface area contributed by atoms with Crippen LogP contribution in [0.25, 0.3) is 0 Å². The Morgan fingerprint density at radius 2 is 2.21 bits per heavy atom. The molecule has 0 saturated heterocycles. The van der Waals surface area contributed by atoms with Crippen LogP contribution in [-0.4, -0.2) is 12.0 Å². The standard InChI is InChI=1S/C10H11NO3/c1-14-8-4-5-9(7-2-3-7)10(6-8)11(12)13/h4-7H,2-3H2,1H3. The van der Waals surface area contributed by atoms with Gasteiger partial charge in [0.25, 0.3) is 5.69 Å². The Bertz CT molecular complexity index is 372. The third-order valence-electron chi connectivity index (χ3n) is 2.45. The molecule has 0 amide bonds. The number of benzene rings is 1. The molecule has 1 aromatic carbocycles. The molecule has 1 fully saturated rings. The van der Waals surface area contributed by atoms with Gasteiger partial charge in [0.2, 0.25) is 0 Å². The summed E-state index contributed by atoms with van der Waals surface area (Å²) in [5, 5.41) is 10.8. The molecule has 0 spiro atoms. The number of nitro benzene ring substituents is 1. The van der Waals surface area contributed by atoms with Gasteiger partial charge in [-0.2, -0.15) is 0 Å². The van der Waals surface area contributed by atoms with Crippen LogP contribution in [0, 0.1) is 10.1 Å². The van der Waals surface area contributed by atoms with Gasteiger partial charge >= 0.3 is 0 Å². The van der Waals surface area contributed by atoms with E-state index in [0.29, 0.717) is 11.7 Å². The van der Waals surface area contributed by atoms with E-state index in [1.165, 1.54) is 13.2 Å². The molecule has 1 aliphatic rings. The molecule has 1 aliphatic carbocycles. The maximum Gasteiger partial charge on any atom is 0.276 e. The van der Waals surface area contributed by atoms with Crippen LogP contribution in [0.3, 0.4) is 0 Å². The summed E-state index contributed by atoms with van der Waals surface area (Å²) < 4.78 is 4.96. The molecule has 0 heterocycles. The van der Waals surface area contributed by atoms with Gasteiger partial charge in [-0.25, -0.2) is 0 Å². The van der Waals surface area contributed by atoms with E-state index in [4.69, 9.17) is 4.74 Å². The van der Waals surface area contributed by atoms with Gasteiger partial charge < -0.3 is 4.74 Å². The second-order valence-corrected chi connectivity index (χ2v) is 3.46. The minimum absolute atomic E-state index is 0.187. The summed E-state index contributed by atoms with van der Waals surface area (Å²) in [6, 6.07) is 5.07. The molecule has 0 unspecified atom stereocenters. The van der Waals surface area contributed by atoms with E-state index in [9.17, 15) is 10.1 Å². The lowest BCUT2D eigenvalue weighted by Crippen LogP contribution is -1.95. The molecule has 74 valence electrons. The van der Waals surface area contributed by atoms with E-state index in [1.54, 1.807) is 12.1 Å². The molecule has 1 saturated carbocycles. The fraction of sp³-hybridized carbons (Fsp3) is 0.400. The average molecular weight is 193 g/mol. The first-order valence-corrected chi connectivity index (χ1v) is 4.54. The van der Waals surface area contributed by atoms with Crippen molar-refractivity contribution < 1.29 is 9.66 Å². The number of rotatable bonds is 3. The zero-order chi connectivity index (χ0) is 10.1. The van der Waals surface area contributed by atoms with Gasteiger partial charge in [0.05, 0.1) is 18.1 Å². The number of nitro groups is 1. The van der Waals surface area contributed by atoms with Gasteiger partial charge in [-0.05, 0) is 30.9 Å². The Hall–Kier alpha value is -1.58. The van der Waals surface area contributed by atoms with E-state index in [1.807, 2.05) is 0 Å². The van der Waals surface area contributed by atoms with Gasteiger partial charge in [0.15, 0.2) is 0 Å². The molecule has 0 aromatic heterocycles. The molecule has 0 bridgehead atoms. The maximum atomic E-state index is 10.8. The van der Waals surface area contributed by atoms with Crippen LogP contribution in [0.5, 0.6) is 5.75 Å². The highest BCUT2D eigenvalue weighted by atomic mass is 16.6. The summed E-state index contributed by atoms with van der Waals surface area (Å²) in [6.07, 6.45) is 2.13. The molecular weight excluding hydrogens is 182 g/mol. The van der Waals surface area contributed by atoms with E-state index in [0.717, 1.165) is 18.4 Å². The summed E-state index contributed by atoms with van der Waals surface area (Å²) in [4.78, 5) is 10.4. The number of methoxy groups -OCH3 is 1. The smallest absolute Gasteiger partial charge is 0.276 e. The van der Waals surface area contributed by atoms with Crippen molar-refractivity contribution in [1.82, 2.24) is 0 Å². The van der Waals surface area contributed by atoms with E-state index in [-0.39, 0.29) is 10.6 Å². The maximum absolute atomic E-state index is 10.8. The van der Waals surface area contributed by atoms with E-state index in [2.05, 4.69) is 0 Å². The molecule has 1 aromatic rings. The Kier molecular flexibility index (Phi) is 2.11. The Balaban J connectivity index is 2.43. The molecule has 4 nitrogen and oxygen atoms in total. The van der Waals surface area contributed by atoms with Crippen LogP contribution in [0.2, 0.25) is 0 Å². The number of hydrogen-bond donors (Lipinski definition) is 0. The van der Waals surface area contributed by atoms with Crippen LogP contribution in [0.15, 0.2) is 18.2 Å². The number of hydrogen-bond acceptors (Lipinski definition) is 3. The monoisotopic (exact) mass is 193 g/mol. The lowest BCUT2D eigenvalue weighted by Gasteiger charge is -2.03. The summed E-state index contributed by atoms with van der Waals surface area (Å²) in [6.45, 7) is 0. The van der Waals surface area contributed by atoms with Crippen molar-refractivity contribution in [3.63, 3.8) is 0 Å².